The Morgan fingerprint density at radius 2 is 1.79 bits per heavy atom. The van der Waals surface area contributed by atoms with E-state index in [9.17, 15) is 13.2 Å². The molecule has 2 aromatic carbocycles. The summed E-state index contributed by atoms with van der Waals surface area (Å²) >= 11 is 5.95. The lowest BCUT2D eigenvalue weighted by molar-refractivity contribution is -0.121. The third kappa shape index (κ3) is 6.43. The molecule has 3 aromatic rings. The number of sulfonamides is 1. The highest BCUT2D eigenvalue weighted by atomic mass is 35.5. The molecule has 0 aliphatic carbocycles. The molecule has 10 nitrogen and oxygen atoms in total. The number of aromatic nitrogens is 2. The summed E-state index contributed by atoms with van der Waals surface area (Å²) in [6, 6.07) is 12.0. The van der Waals surface area contributed by atoms with Gasteiger partial charge in [0.15, 0.2) is 0 Å². The molecule has 2 aliphatic rings. The lowest BCUT2D eigenvalue weighted by Gasteiger charge is -2.30. The second-order valence-electron chi connectivity index (χ2n) is 9.89. The number of ether oxygens (including phenoxy) is 1. The van der Waals surface area contributed by atoms with Gasteiger partial charge in [-0.2, -0.15) is 9.29 Å². The van der Waals surface area contributed by atoms with E-state index in [0.717, 1.165) is 24.8 Å². The third-order valence-corrected chi connectivity index (χ3v) is 9.42. The predicted molar refractivity (Wildman–Crippen MR) is 147 cm³/mol. The highest BCUT2D eigenvalue weighted by Gasteiger charge is 2.30. The zero-order chi connectivity index (χ0) is 27.4. The molecule has 3 heterocycles. The van der Waals surface area contributed by atoms with Crippen LogP contribution in [0.5, 0.6) is 5.75 Å². The second-order valence-corrected chi connectivity index (χ2v) is 12.2. The lowest BCUT2D eigenvalue weighted by atomic mass is 9.96. The molecule has 12 heteroatoms. The monoisotopic (exact) mass is 573 g/mol. The van der Waals surface area contributed by atoms with Gasteiger partial charge in [0.05, 0.1) is 13.7 Å². The van der Waals surface area contributed by atoms with E-state index in [-0.39, 0.29) is 22.5 Å². The Bertz CT molecular complexity index is 1400. The molecule has 208 valence electrons. The largest absolute Gasteiger partial charge is 0.495 e. The average molecular weight is 574 g/mol. The van der Waals surface area contributed by atoms with Crippen molar-refractivity contribution in [2.75, 3.05) is 38.6 Å². The molecule has 0 atom stereocenters. The van der Waals surface area contributed by atoms with Gasteiger partial charge in [0.25, 0.3) is 0 Å². The number of carbonyl (C=O) groups excluding carboxylic acids is 1. The van der Waals surface area contributed by atoms with Crippen molar-refractivity contribution >= 4 is 33.2 Å². The van der Waals surface area contributed by atoms with E-state index in [2.05, 4.69) is 20.4 Å². The maximum Gasteiger partial charge on any atom is 0.246 e. The van der Waals surface area contributed by atoms with E-state index in [0.29, 0.717) is 68.0 Å². The minimum absolute atomic E-state index is 0.0806. The van der Waals surface area contributed by atoms with E-state index < -0.39 is 10.0 Å². The number of anilines is 1. The Kier molecular flexibility index (Phi) is 8.51. The zero-order valence-corrected chi connectivity index (χ0v) is 23.4. The van der Waals surface area contributed by atoms with Crippen molar-refractivity contribution in [3.63, 3.8) is 0 Å². The van der Waals surface area contributed by atoms with Crippen LogP contribution in [-0.2, 0) is 21.4 Å². The van der Waals surface area contributed by atoms with Gasteiger partial charge in [-0.3, -0.25) is 9.69 Å². The van der Waals surface area contributed by atoms with Crippen molar-refractivity contribution in [2.45, 2.75) is 43.5 Å². The lowest BCUT2D eigenvalue weighted by Crippen LogP contribution is -2.38. The number of halogens is 1. The quantitative estimate of drug-likeness (QED) is 0.421. The fourth-order valence-corrected chi connectivity index (χ4v) is 6.85. The highest BCUT2D eigenvalue weighted by Crippen LogP contribution is 2.32. The van der Waals surface area contributed by atoms with Crippen molar-refractivity contribution in [1.82, 2.24) is 19.3 Å². The van der Waals surface area contributed by atoms with Crippen LogP contribution >= 0.6 is 11.6 Å². The molecular weight excluding hydrogens is 542 g/mol. The van der Waals surface area contributed by atoms with Crippen LogP contribution in [0.4, 0.5) is 5.69 Å². The molecule has 0 radical (unpaired) electrons. The van der Waals surface area contributed by atoms with Crippen molar-refractivity contribution in [2.24, 2.45) is 5.92 Å². The van der Waals surface area contributed by atoms with Crippen molar-refractivity contribution in [3.05, 3.63) is 53.4 Å². The number of benzene rings is 2. The summed E-state index contributed by atoms with van der Waals surface area (Å²) in [5, 5.41) is 7.63. The SMILES string of the molecule is COc1ccc(NC(=O)C2CCN(Cc3nc(-c4ccc(Cl)cc4)no3)CC2)cc1S(=O)(=O)N1CCCCC1. The first-order chi connectivity index (χ1) is 18.8. The summed E-state index contributed by atoms with van der Waals surface area (Å²) in [5.74, 6) is 0.995. The minimum Gasteiger partial charge on any atom is -0.495 e. The molecule has 0 saturated carbocycles. The number of piperidine rings is 2. The number of hydrogen-bond donors (Lipinski definition) is 1. The van der Waals surface area contributed by atoms with Gasteiger partial charge in [-0.1, -0.05) is 23.2 Å². The number of carbonyl (C=O) groups is 1. The fourth-order valence-electron chi connectivity index (χ4n) is 5.02. The second kappa shape index (κ2) is 12.0. The van der Waals surface area contributed by atoms with Crippen molar-refractivity contribution in [1.29, 1.82) is 0 Å². The van der Waals surface area contributed by atoms with Crippen molar-refractivity contribution in [3.8, 4) is 17.1 Å². The average Bonchev–Trinajstić information content (AvgIpc) is 3.42. The number of nitrogens with one attached hydrogen (secondary N) is 1. The van der Waals surface area contributed by atoms with Gasteiger partial charge in [-0.25, -0.2) is 8.42 Å². The van der Waals surface area contributed by atoms with Crippen LogP contribution in [0.15, 0.2) is 51.9 Å². The fraction of sp³-hybridized carbons (Fsp3) is 0.444. The molecule has 2 aliphatic heterocycles. The first-order valence-electron chi connectivity index (χ1n) is 13.1. The summed E-state index contributed by atoms with van der Waals surface area (Å²) < 4.78 is 38.9. The Balaban J connectivity index is 1.17. The molecule has 0 unspecified atom stereocenters. The van der Waals surface area contributed by atoms with E-state index >= 15 is 0 Å². The first kappa shape index (κ1) is 27.6. The minimum atomic E-state index is -3.72. The van der Waals surface area contributed by atoms with Crippen LogP contribution in [0.1, 0.15) is 38.0 Å². The highest BCUT2D eigenvalue weighted by molar-refractivity contribution is 7.89. The predicted octanol–water partition coefficient (Wildman–Crippen LogP) is 4.42. The summed E-state index contributed by atoms with van der Waals surface area (Å²) in [4.78, 5) is 19.8. The van der Waals surface area contributed by atoms with Gasteiger partial charge in [0, 0.05) is 35.3 Å². The number of amides is 1. The standard InChI is InChI=1S/C27H32ClN5O5S/c1-37-23-10-9-22(17-24(23)39(35,36)33-13-3-2-4-14-33)29-27(34)20-11-15-32(16-12-20)18-25-30-26(31-38-25)19-5-7-21(28)8-6-19/h5-10,17,20H,2-4,11-16,18H2,1H3,(H,29,34). The Labute approximate surface area is 233 Å². The van der Waals surface area contributed by atoms with Gasteiger partial charge in [0.1, 0.15) is 10.6 Å². The Hall–Kier alpha value is -2.99. The molecule has 39 heavy (non-hydrogen) atoms. The van der Waals surface area contributed by atoms with E-state index in [1.165, 1.54) is 17.5 Å². The topological polar surface area (TPSA) is 118 Å². The van der Waals surface area contributed by atoms with Gasteiger partial charge >= 0.3 is 0 Å². The Morgan fingerprint density at radius 3 is 2.49 bits per heavy atom. The molecule has 1 N–H and O–H groups in total. The number of nitrogens with zero attached hydrogens (tertiary/aromatic N) is 4. The zero-order valence-electron chi connectivity index (χ0n) is 21.8. The van der Waals surface area contributed by atoms with E-state index in [1.54, 1.807) is 24.3 Å². The summed E-state index contributed by atoms with van der Waals surface area (Å²) in [6.45, 7) is 2.90. The molecule has 0 bridgehead atoms. The van der Waals surface area contributed by atoms with Crippen LogP contribution in [0.25, 0.3) is 11.4 Å². The van der Waals surface area contributed by atoms with Crippen LogP contribution in [0.3, 0.4) is 0 Å². The third-order valence-electron chi connectivity index (χ3n) is 7.25. The number of methoxy groups -OCH3 is 1. The maximum absolute atomic E-state index is 13.3. The maximum atomic E-state index is 13.3. The van der Waals surface area contributed by atoms with E-state index in [1.807, 2.05) is 12.1 Å². The van der Waals surface area contributed by atoms with Gasteiger partial charge in [0.2, 0.25) is 27.6 Å². The molecule has 1 aromatic heterocycles. The summed E-state index contributed by atoms with van der Waals surface area (Å²) in [6.07, 6.45) is 4.04. The number of likely N-dealkylation sites (tertiary alicyclic amines) is 1. The number of hydrogen-bond acceptors (Lipinski definition) is 8. The summed E-state index contributed by atoms with van der Waals surface area (Å²) in [7, 11) is -2.27. The molecule has 1 amide bonds. The van der Waals surface area contributed by atoms with Gasteiger partial charge < -0.3 is 14.6 Å². The van der Waals surface area contributed by atoms with Gasteiger partial charge in [-0.05, 0) is 81.2 Å². The molecule has 2 saturated heterocycles. The first-order valence-corrected chi connectivity index (χ1v) is 15.0. The number of rotatable bonds is 8. The van der Waals surface area contributed by atoms with Gasteiger partial charge in [-0.15, -0.1) is 0 Å². The van der Waals surface area contributed by atoms with Crippen LogP contribution in [0, 0.1) is 5.92 Å². The van der Waals surface area contributed by atoms with Crippen LogP contribution in [-0.4, -0.2) is 67.0 Å². The van der Waals surface area contributed by atoms with Crippen LogP contribution in [0.2, 0.25) is 5.02 Å². The summed E-state index contributed by atoms with van der Waals surface area (Å²) in [5.41, 5.74) is 1.27. The smallest absolute Gasteiger partial charge is 0.246 e. The molecule has 0 spiro atoms. The van der Waals surface area contributed by atoms with E-state index in [4.69, 9.17) is 20.9 Å². The molecule has 5 rings (SSSR count). The molecular formula is C27H32ClN5O5S. The normalized spacial score (nSPS) is 17.7. The Morgan fingerprint density at radius 1 is 1.08 bits per heavy atom. The van der Waals surface area contributed by atoms with Crippen molar-refractivity contribution < 1.29 is 22.5 Å². The van der Waals surface area contributed by atoms with Crippen LogP contribution < -0.4 is 10.1 Å². The molecule has 2 fully saturated rings.